The van der Waals surface area contributed by atoms with E-state index in [0.717, 1.165) is 18.6 Å². The van der Waals surface area contributed by atoms with Gasteiger partial charge in [0, 0.05) is 5.54 Å². The highest BCUT2D eigenvalue weighted by Crippen LogP contribution is 2.30. The molecule has 0 saturated carbocycles. The molecule has 0 aliphatic rings. The van der Waals surface area contributed by atoms with Gasteiger partial charge in [0.15, 0.2) is 0 Å². The van der Waals surface area contributed by atoms with Gasteiger partial charge in [0.25, 0.3) is 0 Å². The van der Waals surface area contributed by atoms with Gasteiger partial charge in [-0.2, -0.15) is 0 Å². The van der Waals surface area contributed by atoms with E-state index in [0.29, 0.717) is 11.5 Å². The summed E-state index contributed by atoms with van der Waals surface area (Å²) in [6.45, 7) is 13.6. The van der Waals surface area contributed by atoms with Crippen molar-refractivity contribution in [3.8, 4) is 0 Å². The molecule has 0 spiro atoms. The highest BCUT2D eigenvalue weighted by Gasteiger charge is 2.28. The van der Waals surface area contributed by atoms with E-state index in [2.05, 4.69) is 46.9 Å². The molecule has 98 valence electrons. The standard InChI is InChI=1S/C15H27NO/c1-7-12(13-9-8-10-17-13)16-15(5,6)11-14(2,3)4/h8-10,12,16H,7,11H2,1-6H3. The first kappa shape index (κ1) is 14.3. The molecule has 0 aliphatic carbocycles. The van der Waals surface area contributed by atoms with E-state index in [1.54, 1.807) is 6.26 Å². The molecule has 1 rings (SSSR count). The van der Waals surface area contributed by atoms with Gasteiger partial charge in [-0.15, -0.1) is 0 Å². The van der Waals surface area contributed by atoms with E-state index in [4.69, 9.17) is 4.42 Å². The lowest BCUT2D eigenvalue weighted by Gasteiger charge is -2.36. The van der Waals surface area contributed by atoms with Gasteiger partial charge in [-0.25, -0.2) is 0 Å². The maximum absolute atomic E-state index is 5.50. The number of nitrogens with one attached hydrogen (secondary N) is 1. The smallest absolute Gasteiger partial charge is 0.120 e. The fraction of sp³-hybridized carbons (Fsp3) is 0.733. The fourth-order valence-corrected chi connectivity index (χ4v) is 2.71. The van der Waals surface area contributed by atoms with Crippen LogP contribution in [0.1, 0.15) is 66.2 Å². The zero-order chi connectivity index (χ0) is 13.1. The molecule has 0 aromatic carbocycles. The van der Waals surface area contributed by atoms with Crippen LogP contribution in [0.5, 0.6) is 0 Å². The lowest BCUT2D eigenvalue weighted by molar-refractivity contribution is 0.211. The molecule has 2 nitrogen and oxygen atoms in total. The van der Waals surface area contributed by atoms with Crippen LogP contribution in [0, 0.1) is 5.41 Å². The van der Waals surface area contributed by atoms with Crippen LogP contribution in [0.15, 0.2) is 22.8 Å². The van der Waals surface area contributed by atoms with E-state index in [1.807, 2.05) is 12.1 Å². The van der Waals surface area contributed by atoms with Crippen LogP contribution < -0.4 is 5.32 Å². The summed E-state index contributed by atoms with van der Waals surface area (Å²) in [5.74, 6) is 1.04. The molecule has 17 heavy (non-hydrogen) atoms. The van der Waals surface area contributed by atoms with Crippen LogP contribution in [-0.2, 0) is 0 Å². The molecular formula is C15H27NO. The molecule has 0 radical (unpaired) electrons. The molecule has 0 saturated heterocycles. The highest BCUT2D eigenvalue weighted by atomic mass is 16.3. The monoisotopic (exact) mass is 237 g/mol. The Labute approximate surface area is 106 Å². The van der Waals surface area contributed by atoms with Crippen molar-refractivity contribution < 1.29 is 4.42 Å². The maximum atomic E-state index is 5.50. The molecule has 0 bridgehead atoms. The van der Waals surface area contributed by atoms with Crippen molar-refractivity contribution in [1.82, 2.24) is 5.32 Å². The predicted molar refractivity (Wildman–Crippen MR) is 73.0 cm³/mol. The Bertz CT molecular complexity index is 319. The van der Waals surface area contributed by atoms with Gasteiger partial charge >= 0.3 is 0 Å². The zero-order valence-corrected chi connectivity index (χ0v) is 12.1. The molecule has 1 aromatic rings. The molecule has 0 amide bonds. The van der Waals surface area contributed by atoms with Crippen molar-refractivity contribution in [3.63, 3.8) is 0 Å². The van der Waals surface area contributed by atoms with E-state index in [1.165, 1.54) is 0 Å². The van der Waals surface area contributed by atoms with Crippen LogP contribution in [0.3, 0.4) is 0 Å². The second kappa shape index (κ2) is 5.26. The normalized spacial score (nSPS) is 14.9. The van der Waals surface area contributed by atoms with Gasteiger partial charge in [0.2, 0.25) is 0 Å². The number of hydrogen-bond donors (Lipinski definition) is 1. The number of rotatable bonds is 5. The molecule has 1 aromatic heterocycles. The molecule has 0 fully saturated rings. The van der Waals surface area contributed by atoms with Gasteiger partial charge in [0.05, 0.1) is 12.3 Å². The molecule has 1 unspecified atom stereocenters. The van der Waals surface area contributed by atoms with Crippen LogP contribution >= 0.6 is 0 Å². The van der Waals surface area contributed by atoms with Crippen LogP contribution in [0.2, 0.25) is 0 Å². The Hall–Kier alpha value is -0.760. The first-order valence-corrected chi connectivity index (χ1v) is 6.54. The van der Waals surface area contributed by atoms with Crippen molar-refractivity contribution in [2.24, 2.45) is 5.41 Å². The lowest BCUT2D eigenvalue weighted by Crippen LogP contribution is -2.44. The van der Waals surface area contributed by atoms with Crippen molar-refractivity contribution >= 4 is 0 Å². The van der Waals surface area contributed by atoms with Gasteiger partial charge in [-0.3, -0.25) is 0 Å². The summed E-state index contributed by atoms with van der Waals surface area (Å²) in [4.78, 5) is 0. The van der Waals surface area contributed by atoms with E-state index in [9.17, 15) is 0 Å². The third-order valence-electron chi connectivity index (χ3n) is 2.83. The summed E-state index contributed by atoms with van der Waals surface area (Å²) in [5.41, 5.74) is 0.448. The van der Waals surface area contributed by atoms with Gasteiger partial charge in [-0.1, -0.05) is 27.7 Å². The fourth-order valence-electron chi connectivity index (χ4n) is 2.71. The lowest BCUT2D eigenvalue weighted by atomic mass is 9.81. The summed E-state index contributed by atoms with van der Waals surface area (Å²) < 4.78 is 5.50. The molecule has 2 heteroatoms. The van der Waals surface area contributed by atoms with E-state index >= 15 is 0 Å². The van der Waals surface area contributed by atoms with Gasteiger partial charge in [-0.05, 0) is 44.2 Å². The second-order valence-corrected chi connectivity index (χ2v) is 6.74. The average Bonchev–Trinajstić information content (AvgIpc) is 2.62. The van der Waals surface area contributed by atoms with Gasteiger partial charge in [0.1, 0.15) is 5.76 Å². The largest absolute Gasteiger partial charge is 0.468 e. The zero-order valence-electron chi connectivity index (χ0n) is 12.1. The minimum absolute atomic E-state index is 0.117. The molecule has 0 aliphatic heterocycles. The maximum Gasteiger partial charge on any atom is 0.120 e. The van der Waals surface area contributed by atoms with Crippen molar-refractivity contribution in [3.05, 3.63) is 24.2 Å². The number of furan rings is 1. The summed E-state index contributed by atoms with van der Waals surface area (Å²) in [5, 5.41) is 3.71. The minimum atomic E-state index is 0.117. The topological polar surface area (TPSA) is 25.2 Å². The Balaban J connectivity index is 2.68. The predicted octanol–water partition coefficient (Wildman–Crippen LogP) is 4.54. The van der Waals surface area contributed by atoms with Crippen molar-refractivity contribution in [1.29, 1.82) is 0 Å². The van der Waals surface area contributed by atoms with Crippen molar-refractivity contribution in [2.45, 2.75) is 66.0 Å². The molecule has 1 atom stereocenters. The van der Waals surface area contributed by atoms with Crippen molar-refractivity contribution in [2.75, 3.05) is 0 Å². The Morgan fingerprint density at radius 2 is 1.88 bits per heavy atom. The summed E-state index contributed by atoms with van der Waals surface area (Å²) in [7, 11) is 0. The quantitative estimate of drug-likeness (QED) is 0.813. The molecular weight excluding hydrogens is 210 g/mol. The van der Waals surface area contributed by atoms with E-state index < -0.39 is 0 Å². The summed E-state index contributed by atoms with van der Waals surface area (Å²) >= 11 is 0. The Kier molecular flexibility index (Phi) is 4.42. The van der Waals surface area contributed by atoms with Crippen LogP contribution in [-0.4, -0.2) is 5.54 Å². The molecule has 1 heterocycles. The highest BCUT2D eigenvalue weighted by molar-refractivity contribution is 5.05. The van der Waals surface area contributed by atoms with E-state index in [-0.39, 0.29) is 5.54 Å². The Morgan fingerprint density at radius 1 is 1.24 bits per heavy atom. The third kappa shape index (κ3) is 4.95. The Morgan fingerprint density at radius 3 is 2.29 bits per heavy atom. The summed E-state index contributed by atoms with van der Waals surface area (Å²) in [6, 6.07) is 4.31. The first-order chi connectivity index (χ1) is 7.73. The average molecular weight is 237 g/mol. The third-order valence-corrected chi connectivity index (χ3v) is 2.83. The SMILES string of the molecule is CCC(NC(C)(C)CC(C)(C)C)c1ccco1. The first-order valence-electron chi connectivity index (χ1n) is 6.54. The second-order valence-electron chi connectivity index (χ2n) is 6.74. The van der Waals surface area contributed by atoms with Crippen LogP contribution in [0.4, 0.5) is 0 Å². The molecule has 1 N–H and O–H groups in total. The van der Waals surface area contributed by atoms with Gasteiger partial charge < -0.3 is 9.73 Å². The summed E-state index contributed by atoms with van der Waals surface area (Å²) in [6.07, 6.45) is 3.93. The number of hydrogen-bond acceptors (Lipinski definition) is 2. The van der Waals surface area contributed by atoms with Crippen LogP contribution in [0.25, 0.3) is 0 Å². The minimum Gasteiger partial charge on any atom is -0.468 e.